The molecule has 17 heavy (non-hydrogen) atoms. The van der Waals surface area contributed by atoms with E-state index in [1.165, 1.54) is 0 Å². The number of piperidine rings is 1. The third-order valence-electron chi connectivity index (χ3n) is 3.07. The number of nitriles is 1. The predicted octanol–water partition coefficient (Wildman–Crippen LogP) is 1.91. The Morgan fingerprint density at radius 3 is 3.00 bits per heavy atom. The van der Waals surface area contributed by atoms with E-state index in [0.29, 0.717) is 12.1 Å². The molecular weight excluding hydrogens is 214 g/mol. The van der Waals surface area contributed by atoms with Gasteiger partial charge in [0.2, 0.25) is 0 Å². The molecule has 0 aromatic carbocycles. The number of carbonyl (C=O) groups excluding carboxylic acids is 1. The highest BCUT2D eigenvalue weighted by Gasteiger charge is 2.27. The fraction of sp³-hybridized carbons (Fsp3) is 0.462. The predicted molar refractivity (Wildman–Crippen MR) is 63.3 cm³/mol. The molecule has 1 amide bonds. The Labute approximate surface area is 101 Å². The van der Waals surface area contributed by atoms with Crippen LogP contribution in [0.25, 0.3) is 0 Å². The first-order chi connectivity index (χ1) is 8.22. The zero-order chi connectivity index (χ0) is 12.3. The smallest absolute Gasteiger partial charge is 0.256 e. The summed E-state index contributed by atoms with van der Waals surface area (Å²) in [6.07, 6.45) is 4.36. The van der Waals surface area contributed by atoms with Gasteiger partial charge in [-0.15, -0.1) is 0 Å². The maximum Gasteiger partial charge on any atom is 0.256 e. The Morgan fingerprint density at radius 2 is 2.35 bits per heavy atom. The molecule has 2 heterocycles. The third kappa shape index (κ3) is 2.44. The van der Waals surface area contributed by atoms with E-state index in [9.17, 15) is 4.79 Å². The minimum atomic E-state index is -0.280. The summed E-state index contributed by atoms with van der Waals surface area (Å²) >= 11 is 0. The highest BCUT2D eigenvalue weighted by Crippen LogP contribution is 2.18. The Bertz CT molecular complexity index is 447. The SMILES string of the molecule is Cc1ccc(C(=O)N2CCCCC2C#N)cn1. The maximum atomic E-state index is 12.2. The van der Waals surface area contributed by atoms with Gasteiger partial charge in [0.1, 0.15) is 6.04 Å². The van der Waals surface area contributed by atoms with E-state index in [1.807, 2.05) is 13.0 Å². The van der Waals surface area contributed by atoms with Crippen molar-refractivity contribution in [2.24, 2.45) is 0 Å². The lowest BCUT2D eigenvalue weighted by Gasteiger charge is -2.31. The molecule has 1 aromatic heterocycles. The van der Waals surface area contributed by atoms with Crippen molar-refractivity contribution < 1.29 is 4.79 Å². The molecule has 0 saturated carbocycles. The molecule has 1 unspecified atom stereocenters. The van der Waals surface area contributed by atoms with Crippen LogP contribution in [0.15, 0.2) is 18.3 Å². The number of likely N-dealkylation sites (tertiary alicyclic amines) is 1. The quantitative estimate of drug-likeness (QED) is 0.739. The summed E-state index contributed by atoms with van der Waals surface area (Å²) in [5.41, 5.74) is 1.45. The van der Waals surface area contributed by atoms with Crippen molar-refractivity contribution in [3.8, 4) is 6.07 Å². The molecule has 88 valence electrons. The lowest BCUT2D eigenvalue weighted by molar-refractivity contribution is 0.0670. The van der Waals surface area contributed by atoms with Crippen molar-refractivity contribution in [2.75, 3.05) is 6.54 Å². The molecule has 2 rings (SSSR count). The number of aryl methyl sites for hydroxylation is 1. The van der Waals surface area contributed by atoms with Crippen molar-refractivity contribution >= 4 is 5.91 Å². The standard InChI is InChI=1S/C13H15N3O/c1-10-5-6-11(9-15-10)13(17)16-7-3-2-4-12(16)8-14/h5-6,9,12H,2-4,7H2,1H3. The minimum Gasteiger partial charge on any atom is -0.323 e. The van der Waals surface area contributed by atoms with Gasteiger partial charge in [0.15, 0.2) is 0 Å². The molecule has 1 aliphatic rings. The Hall–Kier alpha value is -1.89. The Kier molecular flexibility index (Phi) is 3.38. The number of hydrogen-bond acceptors (Lipinski definition) is 3. The fourth-order valence-corrected chi connectivity index (χ4v) is 2.07. The second-order valence-corrected chi connectivity index (χ2v) is 4.33. The van der Waals surface area contributed by atoms with Crippen LogP contribution in [-0.4, -0.2) is 28.4 Å². The molecule has 4 nitrogen and oxygen atoms in total. The number of nitrogens with zero attached hydrogens (tertiary/aromatic N) is 3. The van der Waals surface area contributed by atoms with Gasteiger partial charge >= 0.3 is 0 Å². The molecule has 0 bridgehead atoms. The van der Waals surface area contributed by atoms with Crippen molar-refractivity contribution in [3.05, 3.63) is 29.6 Å². The van der Waals surface area contributed by atoms with E-state index in [-0.39, 0.29) is 11.9 Å². The van der Waals surface area contributed by atoms with Crippen LogP contribution in [0.4, 0.5) is 0 Å². The number of hydrogen-bond donors (Lipinski definition) is 0. The first kappa shape index (κ1) is 11.6. The summed E-state index contributed by atoms with van der Waals surface area (Å²) in [7, 11) is 0. The monoisotopic (exact) mass is 229 g/mol. The average Bonchev–Trinajstić information content (AvgIpc) is 2.39. The van der Waals surface area contributed by atoms with Gasteiger partial charge in [-0.05, 0) is 38.3 Å². The molecule has 1 fully saturated rings. The molecule has 1 atom stereocenters. The van der Waals surface area contributed by atoms with Gasteiger partial charge < -0.3 is 4.90 Å². The van der Waals surface area contributed by atoms with Gasteiger partial charge in [-0.3, -0.25) is 9.78 Å². The molecule has 1 saturated heterocycles. The highest BCUT2D eigenvalue weighted by atomic mass is 16.2. The summed E-state index contributed by atoms with van der Waals surface area (Å²) in [4.78, 5) is 18.0. The second-order valence-electron chi connectivity index (χ2n) is 4.33. The summed E-state index contributed by atoms with van der Waals surface area (Å²) in [6.45, 7) is 2.55. The van der Waals surface area contributed by atoms with Gasteiger partial charge in [0, 0.05) is 18.4 Å². The lowest BCUT2D eigenvalue weighted by atomic mass is 10.0. The minimum absolute atomic E-state index is 0.0799. The molecule has 1 aliphatic heterocycles. The number of amides is 1. The number of aromatic nitrogens is 1. The largest absolute Gasteiger partial charge is 0.323 e. The van der Waals surface area contributed by atoms with Crippen LogP contribution in [0, 0.1) is 18.3 Å². The zero-order valence-electron chi connectivity index (χ0n) is 9.89. The molecule has 0 N–H and O–H groups in total. The van der Waals surface area contributed by atoms with Crippen LogP contribution in [0.2, 0.25) is 0 Å². The van der Waals surface area contributed by atoms with Crippen molar-refractivity contribution in [2.45, 2.75) is 32.2 Å². The van der Waals surface area contributed by atoms with Gasteiger partial charge in [0.25, 0.3) is 5.91 Å². The van der Waals surface area contributed by atoms with E-state index < -0.39 is 0 Å². The van der Waals surface area contributed by atoms with Gasteiger partial charge in [-0.25, -0.2) is 0 Å². The first-order valence-corrected chi connectivity index (χ1v) is 5.85. The third-order valence-corrected chi connectivity index (χ3v) is 3.07. The highest BCUT2D eigenvalue weighted by molar-refractivity contribution is 5.94. The Balaban J connectivity index is 2.18. The van der Waals surface area contributed by atoms with E-state index in [4.69, 9.17) is 5.26 Å². The molecular formula is C13H15N3O. The first-order valence-electron chi connectivity index (χ1n) is 5.85. The molecule has 1 aromatic rings. The van der Waals surface area contributed by atoms with Crippen LogP contribution in [0.5, 0.6) is 0 Å². The summed E-state index contributed by atoms with van der Waals surface area (Å²) in [6, 6.07) is 5.51. The average molecular weight is 229 g/mol. The fourth-order valence-electron chi connectivity index (χ4n) is 2.07. The van der Waals surface area contributed by atoms with Crippen LogP contribution in [-0.2, 0) is 0 Å². The van der Waals surface area contributed by atoms with E-state index >= 15 is 0 Å². The summed E-state index contributed by atoms with van der Waals surface area (Å²) in [5, 5.41) is 9.04. The molecule has 0 spiro atoms. The topological polar surface area (TPSA) is 57.0 Å². The van der Waals surface area contributed by atoms with Gasteiger partial charge in [-0.2, -0.15) is 5.26 Å². The Morgan fingerprint density at radius 1 is 1.53 bits per heavy atom. The van der Waals surface area contributed by atoms with E-state index in [2.05, 4.69) is 11.1 Å². The van der Waals surface area contributed by atoms with Crippen molar-refractivity contribution in [3.63, 3.8) is 0 Å². The molecule has 0 aliphatic carbocycles. The van der Waals surface area contributed by atoms with Crippen LogP contribution in [0.3, 0.4) is 0 Å². The van der Waals surface area contributed by atoms with E-state index in [1.54, 1.807) is 17.2 Å². The van der Waals surface area contributed by atoms with Crippen LogP contribution < -0.4 is 0 Å². The lowest BCUT2D eigenvalue weighted by Crippen LogP contribution is -2.42. The number of pyridine rings is 1. The van der Waals surface area contributed by atoms with Crippen molar-refractivity contribution in [1.29, 1.82) is 5.26 Å². The van der Waals surface area contributed by atoms with E-state index in [0.717, 1.165) is 25.0 Å². The summed E-state index contributed by atoms with van der Waals surface area (Å²) < 4.78 is 0. The zero-order valence-corrected chi connectivity index (χ0v) is 9.89. The van der Waals surface area contributed by atoms with Crippen LogP contribution in [0.1, 0.15) is 35.3 Å². The summed E-state index contributed by atoms with van der Waals surface area (Å²) in [5.74, 6) is -0.0799. The van der Waals surface area contributed by atoms with Crippen molar-refractivity contribution in [1.82, 2.24) is 9.88 Å². The van der Waals surface area contributed by atoms with Crippen LogP contribution >= 0.6 is 0 Å². The maximum absolute atomic E-state index is 12.2. The second kappa shape index (κ2) is 4.96. The van der Waals surface area contributed by atoms with Gasteiger partial charge in [-0.1, -0.05) is 0 Å². The molecule has 0 radical (unpaired) electrons. The molecule has 4 heteroatoms. The van der Waals surface area contributed by atoms with Gasteiger partial charge in [0.05, 0.1) is 11.6 Å². The normalized spacial score (nSPS) is 19.8. The number of carbonyl (C=O) groups is 1. The number of rotatable bonds is 1.